The van der Waals surface area contributed by atoms with Crippen molar-refractivity contribution < 1.29 is 9.59 Å². The second-order valence-corrected chi connectivity index (χ2v) is 9.84. The van der Waals surface area contributed by atoms with Crippen LogP contribution in [0.25, 0.3) is 0 Å². The van der Waals surface area contributed by atoms with Crippen LogP contribution in [0.4, 0.5) is 11.4 Å². The van der Waals surface area contributed by atoms with Gasteiger partial charge in [-0.3, -0.25) is 9.59 Å². The molecule has 0 unspecified atom stereocenters. The van der Waals surface area contributed by atoms with Gasteiger partial charge in [-0.2, -0.15) is 0 Å². The predicted molar refractivity (Wildman–Crippen MR) is 114 cm³/mol. The number of hydrogen-bond donors (Lipinski definition) is 1. The fourth-order valence-electron chi connectivity index (χ4n) is 6.43. The molecule has 1 heterocycles. The number of hydrogen-bond acceptors (Lipinski definition) is 4. The number of aromatic nitrogens is 3. The molecule has 2 amide bonds. The first-order valence-corrected chi connectivity index (χ1v) is 10.9. The molecule has 4 saturated carbocycles. The summed E-state index contributed by atoms with van der Waals surface area (Å²) in [4.78, 5) is 30.8. The van der Waals surface area contributed by atoms with E-state index in [4.69, 9.17) is 11.6 Å². The fourth-order valence-corrected chi connectivity index (χ4v) is 6.56. The van der Waals surface area contributed by atoms with Crippen molar-refractivity contribution in [1.82, 2.24) is 14.8 Å². The molecule has 1 aromatic heterocycles. The maximum absolute atomic E-state index is 13.5. The quantitative estimate of drug-likeness (QED) is 0.803. The Morgan fingerprint density at radius 2 is 1.83 bits per heavy atom. The molecule has 4 bridgehead atoms. The van der Waals surface area contributed by atoms with E-state index in [1.807, 2.05) is 28.9 Å². The van der Waals surface area contributed by atoms with Crippen LogP contribution in [0.1, 0.15) is 45.4 Å². The first-order valence-electron chi connectivity index (χ1n) is 10.5. The second kappa shape index (κ2) is 6.80. The van der Waals surface area contributed by atoms with Crippen molar-refractivity contribution >= 4 is 34.8 Å². The van der Waals surface area contributed by atoms with Gasteiger partial charge in [0.1, 0.15) is 6.33 Å². The Morgan fingerprint density at radius 1 is 1.17 bits per heavy atom. The lowest BCUT2D eigenvalue weighted by atomic mass is 9.46. The summed E-state index contributed by atoms with van der Waals surface area (Å²) in [7, 11) is 1.74. The minimum absolute atomic E-state index is 0.0288. The van der Waals surface area contributed by atoms with Gasteiger partial charge in [0.25, 0.3) is 0 Å². The average Bonchev–Trinajstić information content (AvgIpc) is 3.14. The summed E-state index contributed by atoms with van der Waals surface area (Å²) in [5, 5.41) is 7.84. The Hall–Kier alpha value is -2.41. The highest BCUT2D eigenvalue weighted by molar-refractivity contribution is 6.28. The summed E-state index contributed by atoms with van der Waals surface area (Å²) in [5.41, 5.74) is 1.03. The van der Waals surface area contributed by atoms with Gasteiger partial charge in [-0.1, -0.05) is 0 Å². The molecule has 7 nitrogen and oxygen atoms in total. The molecule has 0 radical (unpaired) electrons. The minimum atomic E-state index is -0.378. The number of anilines is 2. The number of halogens is 1. The van der Waals surface area contributed by atoms with Crippen molar-refractivity contribution in [2.45, 2.75) is 51.0 Å². The van der Waals surface area contributed by atoms with E-state index in [9.17, 15) is 9.59 Å². The minimum Gasteiger partial charge on any atom is -0.326 e. The predicted octanol–water partition coefficient (Wildman–Crippen LogP) is 3.85. The molecule has 1 N–H and O–H groups in total. The Balaban J connectivity index is 1.38. The number of nitrogens with zero attached hydrogens (tertiary/aromatic N) is 4. The molecular formula is C22H26ClN5O2. The molecule has 0 saturated heterocycles. The number of carbonyl (C=O) groups excluding carboxylic acids is 2. The Labute approximate surface area is 180 Å². The number of benzene rings is 1. The van der Waals surface area contributed by atoms with E-state index in [0.29, 0.717) is 11.8 Å². The standard InChI is InChI=1S/C22H26ClN5O2/c1-14(29)27(2)18-5-3-17(4-6-18)25-19(30)21-8-15-7-16(9-21)11-22(10-15,12-21)28-13-24-20(23)26-28/h3-6,13,15-16H,7-12H2,1-2H3,(H,25,30)/t15-,16-,21?,22?/m1/s1. The summed E-state index contributed by atoms with van der Waals surface area (Å²) in [5.74, 6) is 1.14. The molecule has 8 heteroatoms. The molecule has 6 rings (SSSR count). The summed E-state index contributed by atoms with van der Waals surface area (Å²) in [6.45, 7) is 1.53. The fraction of sp³-hybridized carbons (Fsp3) is 0.545. The zero-order valence-corrected chi connectivity index (χ0v) is 18.0. The van der Waals surface area contributed by atoms with E-state index in [2.05, 4.69) is 15.4 Å². The van der Waals surface area contributed by atoms with Crippen LogP contribution in [0.5, 0.6) is 0 Å². The van der Waals surface area contributed by atoms with Crippen molar-refractivity contribution in [3.8, 4) is 0 Å². The first kappa shape index (κ1) is 19.5. The highest BCUT2D eigenvalue weighted by atomic mass is 35.5. The van der Waals surface area contributed by atoms with E-state index in [0.717, 1.165) is 43.5 Å². The lowest BCUT2D eigenvalue weighted by molar-refractivity contribution is -0.150. The first-order chi connectivity index (χ1) is 14.3. The largest absolute Gasteiger partial charge is 0.326 e. The monoisotopic (exact) mass is 427 g/mol. The lowest BCUT2D eigenvalue weighted by Crippen LogP contribution is -2.60. The molecule has 30 heavy (non-hydrogen) atoms. The van der Waals surface area contributed by atoms with Gasteiger partial charge in [0.2, 0.25) is 17.1 Å². The summed E-state index contributed by atoms with van der Waals surface area (Å²) >= 11 is 6.01. The summed E-state index contributed by atoms with van der Waals surface area (Å²) in [6.07, 6.45) is 7.67. The highest BCUT2D eigenvalue weighted by Crippen LogP contribution is 2.64. The third-order valence-electron chi connectivity index (χ3n) is 7.45. The van der Waals surface area contributed by atoms with Gasteiger partial charge in [0.05, 0.1) is 11.0 Å². The third-order valence-corrected chi connectivity index (χ3v) is 7.62. The van der Waals surface area contributed by atoms with Crippen LogP contribution >= 0.6 is 11.6 Å². The highest BCUT2D eigenvalue weighted by Gasteiger charge is 2.61. The smallest absolute Gasteiger partial charge is 0.242 e. The van der Waals surface area contributed by atoms with Gasteiger partial charge in [-0.25, -0.2) is 9.67 Å². The van der Waals surface area contributed by atoms with Crippen LogP contribution in [-0.4, -0.2) is 33.6 Å². The van der Waals surface area contributed by atoms with Gasteiger partial charge in [-0.15, -0.1) is 5.10 Å². The number of nitrogens with one attached hydrogen (secondary N) is 1. The molecule has 2 atom stereocenters. The second-order valence-electron chi connectivity index (χ2n) is 9.50. The Kier molecular flexibility index (Phi) is 4.43. The van der Waals surface area contributed by atoms with E-state index >= 15 is 0 Å². The van der Waals surface area contributed by atoms with Gasteiger partial charge in [0, 0.05) is 25.3 Å². The normalized spacial score (nSPS) is 31.6. The molecule has 2 aromatic rings. The number of rotatable bonds is 4. The molecular weight excluding hydrogens is 402 g/mol. The van der Waals surface area contributed by atoms with Crippen molar-refractivity contribution in [2.24, 2.45) is 17.3 Å². The maximum Gasteiger partial charge on any atom is 0.242 e. The average molecular weight is 428 g/mol. The van der Waals surface area contributed by atoms with Crippen molar-refractivity contribution in [2.75, 3.05) is 17.3 Å². The number of carbonyl (C=O) groups is 2. The topological polar surface area (TPSA) is 80.1 Å². The maximum atomic E-state index is 13.5. The molecule has 0 spiro atoms. The summed E-state index contributed by atoms with van der Waals surface area (Å²) < 4.78 is 1.93. The van der Waals surface area contributed by atoms with Gasteiger partial charge >= 0.3 is 0 Å². The molecule has 158 valence electrons. The van der Waals surface area contributed by atoms with Crippen LogP contribution in [0.2, 0.25) is 5.28 Å². The third kappa shape index (κ3) is 3.11. The molecule has 4 fully saturated rings. The Morgan fingerprint density at radius 3 is 2.40 bits per heavy atom. The van der Waals surface area contributed by atoms with Gasteiger partial charge in [-0.05, 0) is 86.2 Å². The summed E-state index contributed by atoms with van der Waals surface area (Å²) in [6, 6.07) is 7.44. The van der Waals surface area contributed by atoms with E-state index < -0.39 is 0 Å². The van der Waals surface area contributed by atoms with Crippen molar-refractivity contribution in [3.05, 3.63) is 35.9 Å². The Bertz CT molecular complexity index is 987. The molecule has 1 aromatic carbocycles. The van der Waals surface area contributed by atoms with Gasteiger partial charge < -0.3 is 10.2 Å². The van der Waals surface area contributed by atoms with E-state index in [-0.39, 0.29) is 28.1 Å². The van der Waals surface area contributed by atoms with Crippen molar-refractivity contribution in [1.29, 1.82) is 0 Å². The lowest BCUT2D eigenvalue weighted by Gasteiger charge is -2.60. The SMILES string of the molecule is CC(=O)N(C)c1ccc(NC(=O)C23C[C@H]4C[C@H](C2)CC(n2cnc(Cl)n2)(C4)C3)cc1. The van der Waals surface area contributed by atoms with E-state index in [1.165, 1.54) is 13.3 Å². The van der Waals surface area contributed by atoms with E-state index in [1.54, 1.807) is 18.3 Å². The van der Waals surface area contributed by atoms with Gasteiger partial charge in [0.15, 0.2) is 0 Å². The molecule has 0 aliphatic heterocycles. The number of amides is 2. The molecule has 4 aliphatic carbocycles. The van der Waals surface area contributed by atoms with Crippen LogP contribution in [0.3, 0.4) is 0 Å². The van der Waals surface area contributed by atoms with Crippen LogP contribution in [0, 0.1) is 17.3 Å². The van der Waals surface area contributed by atoms with Crippen molar-refractivity contribution in [3.63, 3.8) is 0 Å². The molecule has 4 aliphatic rings. The van der Waals surface area contributed by atoms with Crippen LogP contribution in [0.15, 0.2) is 30.6 Å². The van der Waals surface area contributed by atoms with Crippen LogP contribution in [-0.2, 0) is 15.1 Å². The zero-order valence-electron chi connectivity index (χ0n) is 17.3. The van der Waals surface area contributed by atoms with Crippen LogP contribution < -0.4 is 10.2 Å². The zero-order chi connectivity index (χ0) is 21.1.